The normalized spacial score (nSPS) is 29.9. The molecule has 1 aromatic rings. The lowest BCUT2D eigenvalue weighted by atomic mass is 9.80. The Hall–Kier alpha value is -1.02. The summed E-state index contributed by atoms with van der Waals surface area (Å²) in [6.45, 7) is 6.42. The summed E-state index contributed by atoms with van der Waals surface area (Å²) in [6, 6.07) is 7.82. The van der Waals surface area contributed by atoms with Gasteiger partial charge >= 0.3 is 0 Å². The van der Waals surface area contributed by atoms with Crippen molar-refractivity contribution in [3.05, 3.63) is 29.8 Å². The molecule has 100 valence electrons. The number of aliphatic hydroxyl groups excluding tert-OH is 1. The Bertz CT molecular complexity index is 386. The zero-order valence-corrected chi connectivity index (χ0v) is 11.6. The molecule has 0 radical (unpaired) electrons. The first kappa shape index (κ1) is 13.4. The van der Waals surface area contributed by atoms with Crippen molar-refractivity contribution < 1.29 is 9.84 Å². The van der Waals surface area contributed by atoms with Crippen LogP contribution in [0.15, 0.2) is 24.3 Å². The van der Waals surface area contributed by atoms with Gasteiger partial charge in [-0.05, 0) is 44.1 Å². The highest BCUT2D eigenvalue weighted by molar-refractivity contribution is 5.34. The van der Waals surface area contributed by atoms with Gasteiger partial charge in [-0.2, -0.15) is 0 Å². The molecular formula is C16H24O2. The second-order valence-corrected chi connectivity index (χ2v) is 5.72. The van der Waals surface area contributed by atoms with Gasteiger partial charge in [-0.1, -0.05) is 32.0 Å². The van der Waals surface area contributed by atoms with E-state index in [2.05, 4.69) is 13.8 Å². The van der Waals surface area contributed by atoms with Crippen molar-refractivity contribution in [3.63, 3.8) is 0 Å². The molecule has 1 aliphatic rings. The van der Waals surface area contributed by atoms with Crippen LogP contribution in [0.2, 0.25) is 0 Å². The molecule has 0 aliphatic heterocycles. The highest BCUT2D eigenvalue weighted by Gasteiger charge is 2.26. The summed E-state index contributed by atoms with van der Waals surface area (Å²) in [7, 11) is 0. The van der Waals surface area contributed by atoms with E-state index < -0.39 is 6.10 Å². The average molecular weight is 248 g/mol. The summed E-state index contributed by atoms with van der Waals surface area (Å²) in [5.41, 5.74) is 0.892. The largest absolute Gasteiger partial charge is 0.490 e. The molecule has 1 aromatic carbocycles. The summed E-state index contributed by atoms with van der Waals surface area (Å²) in [4.78, 5) is 0. The van der Waals surface area contributed by atoms with Crippen molar-refractivity contribution in [1.82, 2.24) is 0 Å². The predicted molar refractivity (Wildman–Crippen MR) is 73.7 cm³/mol. The van der Waals surface area contributed by atoms with Crippen LogP contribution in [0, 0.1) is 11.8 Å². The van der Waals surface area contributed by atoms with Crippen LogP contribution in [0.4, 0.5) is 0 Å². The van der Waals surface area contributed by atoms with Gasteiger partial charge in [0.2, 0.25) is 0 Å². The number of hydrogen-bond acceptors (Lipinski definition) is 2. The van der Waals surface area contributed by atoms with Crippen molar-refractivity contribution in [2.45, 2.75) is 52.2 Å². The zero-order valence-electron chi connectivity index (χ0n) is 11.6. The molecule has 2 nitrogen and oxygen atoms in total. The minimum absolute atomic E-state index is 0.302. The van der Waals surface area contributed by atoms with E-state index in [1.165, 1.54) is 6.42 Å². The molecule has 1 aliphatic carbocycles. The second kappa shape index (κ2) is 5.75. The van der Waals surface area contributed by atoms with Crippen molar-refractivity contribution in [1.29, 1.82) is 0 Å². The van der Waals surface area contributed by atoms with Gasteiger partial charge in [0.15, 0.2) is 0 Å². The fourth-order valence-electron chi connectivity index (χ4n) is 2.72. The SMILES string of the molecule is CC1CCC(Oc2ccccc2[C@H](C)O)CC1C. The maximum Gasteiger partial charge on any atom is 0.125 e. The number of benzene rings is 1. The lowest BCUT2D eigenvalue weighted by molar-refractivity contribution is 0.0957. The highest BCUT2D eigenvalue weighted by Crippen LogP contribution is 2.33. The summed E-state index contributed by atoms with van der Waals surface area (Å²) in [6.07, 6.45) is 3.31. The quantitative estimate of drug-likeness (QED) is 0.877. The maximum atomic E-state index is 9.75. The lowest BCUT2D eigenvalue weighted by Gasteiger charge is -2.32. The fraction of sp³-hybridized carbons (Fsp3) is 0.625. The number of hydrogen-bond donors (Lipinski definition) is 1. The monoisotopic (exact) mass is 248 g/mol. The van der Waals surface area contributed by atoms with Gasteiger partial charge < -0.3 is 9.84 Å². The molecule has 1 fully saturated rings. The smallest absolute Gasteiger partial charge is 0.125 e. The van der Waals surface area contributed by atoms with Gasteiger partial charge in [-0.15, -0.1) is 0 Å². The maximum absolute atomic E-state index is 9.75. The molecule has 0 heterocycles. The van der Waals surface area contributed by atoms with Gasteiger partial charge in [0.05, 0.1) is 12.2 Å². The van der Waals surface area contributed by atoms with E-state index in [0.717, 1.165) is 36.0 Å². The van der Waals surface area contributed by atoms with Crippen molar-refractivity contribution >= 4 is 0 Å². The molecule has 0 amide bonds. The molecule has 2 heteroatoms. The van der Waals surface area contributed by atoms with Crippen LogP contribution in [0.25, 0.3) is 0 Å². The molecule has 4 atom stereocenters. The van der Waals surface area contributed by atoms with Gasteiger partial charge in [0, 0.05) is 5.56 Å². The van der Waals surface area contributed by atoms with E-state index in [9.17, 15) is 5.11 Å². The molecule has 0 saturated heterocycles. The Balaban J connectivity index is 2.06. The van der Waals surface area contributed by atoms with Crippen LogP contribution in [0.3, 0.4) is 0 Å². The third-order valence-electron chi connectivity index (χ3n) is 4.21. The zero-order chi connectivity index (χ0) is 13.1. The Morgan fingerprint density at radius 2 is 1.89 bits per heavy atom. The molecule has 3 unspecified atom stereocenters. The first-order valence-electron chi connectivity index (χ1n) is 7.01. The summed E-state index contributed by atoms with van der Waals surface area (Å²) >= 11 is 0. The van der Waals surface area contributed by atoms with Crippen LogP contribution in [0.1, 0.15) is 51.7 Å². The Morgan fingerprint density at radius 3 is 2.56 bits per heavy atom. The highest BCUT2D eigenvalue weighted by atomic mass is 16.5. The summed E-state index contributed by atoms with van der Waals surface area (Å²) in [5, 5.41) is 9.75. The number of rotatable bonds is 3. The van der Waals surface area contributed by atoms with Crippen molar-refractivity contribution in [2.24, 2.45) is 11.8 Å². The van der Waals surface area contributed by atoms with E-state index >= 15 is 0 Å². The van der Waals surface area contributed by atoms with Crippen LogP contribution < -0.4 is 4.74 Å². The minimum atomic E-state index is -0.471. The molecule has 0 aromatic heterocycles. The van der Waals surface area contributed by atoms with E-state index in [0.29, 0.717) is 6.10 Å². The van der Waals surface area contributed by atoms with Crippen molar-refractivity contribution in [2.75, 3.05) is 0 Å². The topological polar surface area (TPSA) is 29.5 Å². The summed E-state index contributed by atoms with van der Waals surface area (Å²) < 4.78 is 6.11. The second-order valence-electron chi connectivity index (χ2n) is 5.72. The number of para-hydroxylation sites is 1. The third kappa shape index (κ3) is 3.05. The standard InChI is InChI=1S/C16H24O2/c1-11-8-9-14(10-12(11)2)18-16-7-5-4-6-15(16)13(3)17/h4-7,11-14,17H,8-10H2,1-3H3/t11?,12?,13-,14?/m0/s1. The minimum Gasteiger partial charge on any atom is -0.490 e. The van der Waals surface area contributed by atoms with Crippen LogP contribution in [-0.4, -0.2) is 11.2 Å². The average Bonchev–Trinajstić information content (AvgIpc) is 2.34. The van der Waals surface area contributed by atoms with E-state index in [-0.39, 0.29) is 0 Å². The first-order chi connectivity index (χ1) is 8.58. The lowest BCUT2D eigenvalue weighted by Crippen LogP contribution is -2.29. The molecule has 2 rings (SSSR count). The van der Waals surface area contributed by atoms with Gasteiger partial charge in [0.25, 0.3) is 0 Å². The molecule has 1 N–H and O–H groups in total. The Labute approximate surface area is 110 Å². The molecule has 1 saturated carbocycles. The molecule has 18 heavy (non-hydrogen) atoms. The van der Waals surface area contributed by atoms with E-state index in [1.54, 1.807) is 6.92 Å². The van der Waals surface area contributed by atoms with E-state index in [1.807, 2.05) is 24.3 Å². The first-order valence-corrected chi connectivity index (χ1v) is 7.01. The van der Waals surface area contributed by atoms with Crippen LogP contribution in [0.5, 0.6) is 5.75 Å². The Kier molecular flexibility index (Phi) is 4.28. The Morgan fingerprint density at radius 1 is 1.17 bits per heavy atom. The van der Waals surface area contributed by atoms with E-state index in [4.69, 9.17) is 4.74 Å². The fourth-order valence-corrected chi connectivity index (χ4v) is 2.72. The number of ether oxygens (including phenoxy) is 1. The van der Waals surface area contributed by atoms with Crippen LogP contribution in [-0.2, 0) is 0 Å². The third-order valence-corrected chi connectivity index (χ3v) is 4.21. The predicted octanol–water partition coefficient (Wildman–Crippen LogP) is 3.94. The van der Waals surface area contributed by atoms with Crippen molar-refractivity contribution in [3.8, 4) is 5.75 Å². The molecule has 0 bridgehead atoms. The molecular weight excluding hydrogens is 224 g/mol. The molecule has 0 spiro atoms. The van der Waals surface area contributed by atoms with Crippen LogP contribution >= 0.6 is 0 Å². The van der Waals surface area contributed by atoms with Gasteiger partial charge in [-0.25, -0.2) is 0 Å². The summed E-state index contributed by atoms with van der Waals surface area (Å²) in [5.74, 6) is 2.37. The van der Waals surface area contributed by atoms with Gasteiger partial charge in [0.1, 0.15) is 5.75 Å². The number of aliphatic hydroxyl groups is 1. The van der Waals surface area contributed by atoms with Gasteiger partial charge in [-0.3, -0.25) is 0 Å².